The van der Waals surface area contributed by atoms with E-state index in [1.54, 1.807) is 18.2 Å². The van der Waals surface area contributed by atoms with Crippen molar-refractivity contribution < 1.29 is 28.7 Å². The molecule has 3 heterocycles. The second-order valence-corrected chi connectivity index (χ2v) is 9.71. The zero-order valence-electron chi connectivity index (χ0n) is 21.0. The fourth-order valence-electron chi connectivity index (χ4n) is 5.19. The number of hydrogen-bond acceptors (Lipinski definition) is 6. The molecule has 2 saturated heterocycles. The lowest BCUT2D eigenvalue weighted by atomic mass is 9.55. The molecule has 2 aromatic carbocycles. The van der Waals surface area contributed by atoms with Crippen LogP contribution in [0.5, 0.6) is 5.75 Å². The van der Waals surface area contributed by atoms with E-state index in [-0.39, 0.29) is 73.4 Å². The maximum absolute atomic E-state index is 13.1. The summed E-state index contributed by atoms with van der Waals surface area (Å²) in [5.41, 5.74) is 1.78. The Kier molecular flexibility index (Phi) is 7.18. The van der Waals surface area contributed by atoms with Gasteiger partial charge in [-0.05, 0) is 35.0 Å². The average Bonchev–Trinajstić information content (AvgIpc) is 3.21. The van der Waals surface area contributed by atoms with Gasteiger partial charge in [-0.25, -0.2) is 0 Å². The van der Waals surface area contributed by atoms with Crippen LogP contribution in [0.3, 0.4) is 0 Å². The van der Waals surface area contributed by atoms with E-state index in [0.717, 1.165) is 0 Å². The summed E-state index contributed by atoms with van der Waals surface area (Å²) in [4.78, 5) is 52.0. The Labute approximate surface area is 232 Å². The first-order valence-electron chi connectivity index (χ1n) is 12.3. The molecule has 0 bridgehead atoms. The van der Waals surface area contributed by atoms with Crippen molar-refractivity contribution in [3.05, 3.63) is 52.6 Å². The summed E-state index contributed by atoms with van der Waals surface area (Å²) in [6.07, 6.45) is 0.380. The van der Waals surface area contributed by atoms with Crippen molar-refractivity contribution in [2.24, 2.45) is 0 Å². The van der Waals surface area contributed by atoms with Crippen molar-refractivity contribution in [1.82, 2.24) is 15.1 Å². The molecule has 39 heavy (non-hydrogen) atoms. The Balaban J connectivity index is 1.38. The monoisotopic (exact) mass is 513 g/mol. The van der Waals surface area contributed by atoms with Crippen molar-refractivity contribution >= 4 is 73.8 Å². The summed E-state index contributed by atoms with van der Waals surface area (Å²) in [7, 11) is 31.6. The Bertz CT molecular complexity index is 1360. The fraction of sp³-hybridized carbons (Fsp3) is 0.360. The zero-order valence-corrected chi connectivity index (χ0v) is 21.0. The lowest BCUT2D eigenvalue weighted by molar-refractivity contribution is -0.145. The van der Waals surface area contributed by atoms with Crippen LogP contribution in [0.2, 0.25) is 0 Å². The first-order valence-corrected chi connectivity index (χ1v) is 12.3. The van der Waals surface area contributed by atoms with Crippen LogP contribution in [0, 0.1) is 0 Å². The Hall–Kier alpha value is -3.40. The highest BCUT2D eigenvalue weighted by molar-refractivity contribution is 6.43. The zero-order chi connectivity index (χ0) is 28.1. The SMILES string of the molecule is [B]c1cc(C([B])([B])N2CCOCC2=O)cc([B])c1C([B])Oc1cccc2c1CN(C1CCC(=O)NC1=O)C2=O. The number of imide groups is 1. The van der Waals surface area contributed by atoms with Gasteiger partial charge in [0.2, 0.25) is 17.7 Å². The average molecular weight is 513 g/mol. The largest absolute Gasteiger partial charge is 0.496 e. The lowest BCUT2D eigenvalue weighted by Gasteiger charge is -2.43. The van der Waals surface area contributed by atoms with Gasteiger partial charge in [0.25, 0.3) is 5.91 Å². The number of morpholine rings is 1. The molecule has 0 saturated carbocycles. The van der Waals surface area contributed by atoms with Crippen LogP contribution < -0.4 is 21.0 Å². The number of benzene rings is 2. The number of nitrogens with one attached hydrogen (secondary N) is 1. The van der Waals surface area contributed by atoms with E-state index in [9.17, 15) is 19.2 Å². The van der Waals surface area contributed by atoms with E-state index in [4.69, 9.17) is 48.7 Å². The number of ether oxygens (including phenoxy) is 2. The molecule has 9 nitrogen and oxygen atoms in total. The van der Waals surface area contributed by atoms with Crippen LogP contribution in [0.4, 0.5) is 0 Å². The van der Waals surface area contributed by atoms with Crippen LogP contribution in [-0.2, 0) is 31.0 Å². The van der Waals surface area contributed by atoms with Crippen molar-refractivity contribution in [3.8, 4) is 5.75 Å². The van der Waals surface area contributed by atoms with Gasteiger partial charge in [0, 0.05) is 24.1 Å². The third-order valence-electron chi connectivity index (χ3n) is 7.22. The van der Waals surface area contributed by atoms with Crippen molar-refractivity contribution in [1.29, 1.82) is 0 Å². The molecule has 0 aliphatic carbocycles. The van der Waals surface area contributed by atoms with Crippen molar-refractivity contribution in [2.75, 3.05) is 19.8 Å². The predicted octanol–water partition coefficient (Wildman–Crippen LogP) is -2.41. The highest BCUT2D eigenvalue weighted by Crippen LogP contribution is 2.35. The maximum Gasteiger partial charge on any atom is 0.255 e. The first-order chi connectivity index (χ1) is 18.5. The van der Waals surface area contributed by atoms with E-state index >= 15 is 0 Å². The third-order valence-corrected chi connectivity index (χ3v) is 7.22. The molecule has 2 aromatic rings. The second-order valence-electron chi connectivity index (χ2n) is 9.71. The lowest BCUT2D eigenvalue weighted by Crippen LogP contribution is -2.56. The Morgan fingerprint density at radius 1 is 1.10 bits per heavy atom. The fourth-order valence-corrected chi connectivity index (χ4v) is 5.19. The number of carbonyl (C=O) groups is 4. The molecule has 5 rings (SSSR count). The van der Waals surface area contributed by atoms with Gasteiger partial charge in [-0.1, -0.05) is 29.1 Å². The van der Waals surface area contributed by atoms with Crippen molar-refractivity contribution in [3.63, 3.8) is 0 Å². The quantitative estimate of drug-likeness (QED) is 0.342. The Morgan fingerprint density at radius 2 is 1.82 bits per heavy atom. The topological polar surface area (TPSA) is 105 Å². The molecule has 3 aliphatic rings. The van der Waals surface area contributed by atoms with Gasteiger partial charge >= 0.3 is 0 Å². The maximum atomic E-state index is 13.1. The van der Waals surface area contributed by atoms with E-state index in [0.29, 0.717) is 22.4 Å². The predicted molar refractivity (Wildman–Crippen MR) is 145 cm³/mol. The van der Waals surface area contributed by atoms with Gasteiger partial charge < -0.3 is 19.3 Å². The molecule has 3 aliphatic heterocycles. The highest BCUT2D eigenvalue weighted by Gasteiger charge is 2.40. The number of rotatable bonds is 6. The van der Waals surface area contributed by atoms with Gasteiger partial charge in [-0.2, -0.15) is 0 Å². The second kappa shape index (κ2) is 10.3. The molecule has 0 spiro atoms. The molecular formula is C25H20B5N3O6. The van der Waals surface area contributed by atoms with Gasteiger partial charge in [-0.15, -0.1) is 0 Å². The van der Waals surface area contributed by atoms with Crippen LogP contribution in [0.15, 0.2) is 30.3 Å². The molecular weight excluding hydrogens is 492 g/mol. The summed E-state index contributed by atoms with van der Waals surface area (Å²) < 4.78 is 11.2. The number of amides is 4. The van der Waals surface area contributed by atoms with E-state index in [1.807, 2.05) is 0 Å². The minimum atomic E-state index is -1.69. The number of hydrogen-bond donors (Lipinski definition) is 1. The van der Waals surface area contributed by atoms with E-state index in [1.165, 1.54) is 21.9 Å². The van der Waals surface area contributed by atoms with Crippen LogP contribution in [0.25, 0.3) is 0 Å². The normalized spacial score (nSPS) is 20.6. The van der Waals surface area contributed by atoms with Gasteiger partial charge in [0.05, 0.1) is 34.8 Å². The van der Waals surface area contributed by atoms with Crippen LogP contribution in [-0.4, -0.2) is 98.5 Å². The Morgan fingerprint density at radius 3 is 2.49 bits per heavy atom. The number of nitrogens with zero attached hydrogens (tertiary/aromatic N) is 2. The molecule has 0 aromatic heterocycles. The van der Waals surface area contributed by atoms with Gasteiger partial charge in [-0.3, -0.25) is 24.5 Å². The minimum Gasteiger partial charge on any atom is -0.496 e. The standard InChI is InChI=1S/C25H20B5N3O6/c26-15-8-12(25(29,30)33-6-7-38-11-20(33)35)9-16(27)21(15)22(28)39-18-3-1-2-13-14(18)10-32(24(13)37)17-4-5-19(34)31-23(17)36/h1-3,8-9,17,22H,4-7,10-11H2,(H,31,34,36). The number of piperidine rings is 1. The molecule has 2 unspecified atom stereocenters. The summed E-state index contributed by atoms with van der Waals surface area (Å²) in [5.74, 6) is -1.28. The van der Waals surface area contributed by atoms with Crippen LogP contribution in [0.1, 0.15) is 45.9 Å². The van der Waals surface area contributed by atoms with E-state index in [2.05, 4.69) is 5.32 Å². The molecule has 14 heteroatoms. The summed E-state index contributed by atoms with van der Waals surface area (Å²) in [5, 5.41) is 0.588. The van der Waals surface area contributed by atoms with E-state index < -0.39 is 23.3 Å². The molecule has 2 fully saturated rings. The van der Waals surface area contributed by atoms with Crippen molar-refractivity contribution in [2.45, 2.75) is 36.8 Å². The number of fused-ring (bicyclic) bond motifs is 1. The van der Waals surface area contributed by atoms with Gasteiger partial charge in [0.15, 0.2) is 0 Å². The molecule has 4 amide bonds. The molecule has 186 valence electrons. The summed E-state index contributed by atoms with van der Waals surface area (Å²) in [6.45, 7) is 0.449. The highest BCUT2D eigenvalue weighted by atomic mass is 16.5. The molecule has 10 radical (unpaired) electrons. The summed E-state index contributed by atoms with van der Waals surface area (Å²) >= 11 is 0. The number of carbonyl (C=O) groups excluding carboxylic acids is 4. The molecule has 2 atom stereocenters. The molecule has 1 N–H and O–H groups in total. The summed E-state index contributed by atoms with van der Waals surface area (Å²) in [6, 6.07) is 5.99. The van der Waals surface area contributed by atoms with Gasteiger partial charge in [0.1, 0.15) is 41.9 Å². The first kappa shape index (κ1) is 27.2. The minimum absolute atomic E-state index is 0.101. The third kappa shape index (κ3) is 4.90. The smallest absolute Gasteiger partial charge is 0.255 e. The van der Waals surface area contributed by atoms with Crippen LogP contribution >= 0.6 is 0 Å².